The Labute approximate surface area is 264 Å². The average molecular weight is 664 g/mol. The zero-order valence-corrected chi connectivity index (χ0v) is 25.3. The summed E-state index contributed by atoms with van der Waals surface area (Å²) in [5.74, 6) is 1.69. The van der Waals surface area contributed by atoms with E-state index in [4.69, 9.17) is 56.9 Å². The lowest BCUT2D eigenvalue weighted by atomic mass is 10.1. The Kier molecular flexibility index (Phi) is 11.3. The van der Waals surface area contributed by atoms with E-state index in [2.05, 4.69) is 57.0 Å². The molecule has 0 saturated heterocycles. The predicted molar refractivity (Wildman–Crippen MR) is 156 cm³/mol. The van der Waals surface area contributed by atoms with Crippen LogP contribution in [0.2, 0.25) is 21.1 Å². The average Bonchev–Trinajstić information content (AvgIpc) is 3.79. The van der Waals surface area contributed by atoms with Gasteiger partial charge in [-0.3, -0.25) is 9.78 Å². The molecule has 0 aromatic carbocycles. The fourth-order valence-electron chi connectivity index (χ4n) is 3.69. The summed E-state index contributed by atoms with van der Waals surface area (Å²) in [6.45, 7) is 0. The molecule has 0 bridgehead atoms. The number of rotatable bonds is 4. The lowest BCUT2D eigenvalue weighted by Gasteiger charge is -2.03. The van der Waals surface area contributed by atoms with Crippen LogP contribution >= 0.6 is 46.4 Å². The van der Waals surface area contributed by atoms with Gasteiger partial charge in [0.1, 0.15) is 24.9 Å². The minimum absolute atomic E-state index is 0.0342. The van der Waals surface area contributed by atoms with Gasteiger partial charge >= 0.3 is 5.69 Å². The SMILES string of the molecule is Clc1ncnc(Cl)n1.N#CC(c1ncnc(Cl)n1)C1CC1.N#CCC1CC1.O=c1[nH]c(=O)n2cnc(Cl)nc2c1C1CC1. The van der Waals surface area contributed by atoms with E-state index in [0.717, 1.165) is 38.0 Å². The summed E-state index contributed by atoms with van der Waals surface area (Å²) in [4.78, 5) is 55.1. The van der Waals surface area contributed by atoms with Gasteiger partial charge in [-0.1, -0.05) is 0 Å². The molecule has 4 heterocycles. The zero-order chi connectivity index (χ0) is 30.9. The van der Waals surface area contributed by atoms with Crippen molar-refractivity contribution in [2.75, 3.05) is 0 Å². The first-order valence-corrected chi connectivity index (χ1v) is 14.5. The van der Waals surface area contributed by atoms with Gasteiger partial charge in [-0.05, 0) is 103 Å². The largest absolute Gasteiger partial charge is 0.335 e. The van der Waals surface area contributed by atoms with E-state index < -0.39 is 5.69 Å². The van der Waals surface area contributed by atoms with Crippen LogP contribution < -0.4 is 11.2 Å². The lowest BCUT2D eigenvalue weighted by Crippen LogP contribution is -2.29. The maximum absolute atomic E-state index is 11.7. The molecule has 3 fully saturated rings. The van der Waals surface area contributed by atoms with Crippen molar-refractivity contribution in [3.05, 3.63) is 72.3 Å². The van der Waals surface area contributed by atoms with E-state index in [1.165, 1.54) is 36.2 Å². The van der Waals surface area contributed by atoms with Crippen molar-refractivity contribution >= 4 is 52.1 Å². The monoisotopic (exact) mass is 662 g/mol. The van der Waals surface area contributed by atoms with E-state index >= 15 is 0 Å². The smallest absolute Gasteiger partial charge is 0.273 e. The van der Waals surface area contributed by atoms with Crippen molar-refractivity contribution in [1.29, 1.82) is 10.5 Å². The second-order valence-electron chi connectivity index (χ2n) is 9.65. The fourth-order valence-corrected chi connectivity index (χ4v) is 4.23. The molecular weight excluding hydrogens is 642 g/mol. The Morgan fingerprint density at radius 2 is 1.44 bits per heavy atom. The van der Waals surface area contributed by atoms with Crippen molar-refractivity contribution in [3.8, 4) is 12.1 Å². The second-order valence-corrected chi connectivity index (χ2v) is 11.0. The second kappa shape index (κ2) is 15.1. The molecule has 3 saturated carbocycles. The minimum Gasteiger partial charge on any atom is -0.273 e. The van der Waals surface area contributed by atoms with Gasteiger partial charge in [-0.25, -0.2) is 39.1 Å². The maximum atomic E-state index is 11.7. The minimum atomic E-state index is -0.541. The molecule has 0 amide bonds. The van der Waals surface area contributed by atoms with E-state index in [1.807, 2.05) is 0 Å². The number of aromatic nitrogens is 10. The van der Waals surface area contributed by atoms with E-state index in [0.29, 0.717) is 23.0 Å². The normalized spacial score (nSPS) is 15.7. The fraction of sp³-hybridized carbons (Fsp3) is 0.440. The number of halogens is 4. The molecule has 4 aromatic heterocycles. The van der Waals surface area contributed by atoms with Gasteiger partial charge in [0.15, 0.2) is 11.5 Å². The number of nitriles is 2. The van der Waals surface area contributed by atoms with Crippen LogP contribution in [0.1, 0.15) is 68.2 Å². The summed E-state index contributed by atoms with van der Waals surface area (Å²) in [5.41, 5.74) is -0.0662. The molecule has 3 aliphatic carbocycles. The third kappa shape index (κ3) is 9.86. The predicted octanol–water partition coefficient (Wildman–Crippen LogP) is 4.34. The van der Waals surface area contributed by atoms with Gasteiger partial charge in [0.25, 0.3) is 5.56 Å². The molecule has 3 aliphatic rings. The summed E-state index contributed by atoms with van der Waals surface area (Å²) < 4.78 is 1.21. The highest BCUT2D eigenvalue weighted by atomic mass is 35.5. The summed E-state index contributed by atoms with van der Waals surface area (Å²) in [5, 5.41) is 17.3. The van der Waals surface area contributed by atoms with Crippen LogP contribution in [0.4, 0.5) is 0 Å². The number of hydrogen-bond donors (Lipinski definition) is 1. The van der Waals surface area contributed by atoms with E-state index in [9.17, 15) is 9.59 Å². The molecule has 4 aromatic rings. The Bertz CT molecular complexity index is 1760. The Morgan fingerprint density at radius 1 is 0.837 bits per heavy atom. The van der Waals surface area contributed by atoms with Crippen LogP contribution in [0.3, 0.4) is 0 Å². The highest BCUT2D eigenvalue weighted by Crippen LogP contribution is 2.41. The molecule has 43 heavy (non-hydrogen) atoms. The Morgan fingerprint density at radius 3 is 1.91 bits per heavy atom. The van der Waals surface area contributed by atoms with E-state index in [-0.39, 0.29) is 38.5 Å². The molecule has 222 valence electrons. The van der Waals surface area contributed by atoms with E-state index in [1.54, 1.807) is 0 Å². The van der Waals surface area contributed by atoms with Gasteiger partial charge in [0.05, 0.1) is 17.7 Å². The molecule has 1 atom stereocenters. The van der Waals surface area contributed by atoms with Crippen LogP contribution in [0.5, 0.6) is 0 Å². The van der Waals surface area contributed by atoms with Crippen molar-refractivity contribution in [3.63, 3.8) is 0 Å². The van der Waals surface area contributed by atoms with Crippen LogP contribution in [0.15, 0.2) is 28.6 Å². The summed E-state index contributed by atoms with van der Waals surface area (Å²) in [6, 6.07) is 4.33. The van der Waals surface area contributed by atoms with Gasteiger partial charge in [-0.15, -0.1) is 0 Å². The zero-order valence-electron chi connectivity index (χ0n) is 22.2. The van der Waals surface area contributed by atoms with Crippen LogP contribution in [0, 0.1) is 34.5 Å². The number of nitrogens with one attached hydrogen (secondary N) is 1. The molecule has 1 N–H and O–H groups in total. The number of fused-ring (bicyclic) bond motifs is 1. The molecule has 7 rings (SSSR count). The maximum Gasteiger partial charge on any atom is 0.335 e. The molecule has 18 heteroatoms. The van der Waals surface area contributed by atoms with Crippen LogP contribution in [-0.2, 0) is 0 Å². The van der Waals surface area contributed by atoms with Gasteiger partial charge in [0.2, 0.25) is 21.1 Å². The number of H-pyrrole nitrogens is 1. The van der Waals surface area contributed by atoms with Crippen molar-refractivity contribution in [2.45, 2.75) is 56.8 Å². The molecule has 0 spiro atoms. The summed E-state index contributed by atoms with van der Waals surface area (Å²) >= 11 is 21.9. The highest BCUT2D eigenvalue weighted by Gasteiger charge is 2.34. The highest BCUT2D eigenvalue weighted by molar-refractivity contribution is 6.31. The molecule has 0 aliphatic heterocycles. The number of hydrogen-bond acceptors (Lipinski definition) is 12. The first kappa shape index (κ1) is 32.1. The van der Waals surface area contributed by atoms with Crippen LogP contribution in [0.25, 0.3) is 5.65 Å². The molecule has 0 radical (unpaired) electrons. The topological polar surface area (TPSA) is 205 Å². The van der Waals surface area contributed by atoms with Gasteiger partial charge in [-0.2, -0.15) is 20.5 Å². The number of aromatic amines is 1. The van der Waals surface area contributed by atoms with Gasteiger partial charge in [0, 0.05) is 6.42 Å². The summed E-state index contributed by atoms with van der Waals surface area (Å²) in [7, 11) is 0. The first-order chi connectivity index (χ1) is 20.7. The Hall–Kier alpha value is -3.82. The van der Waals surface area contributed by atoms with Crippen molar-refractivity contribution in [2.24, 2.45) is 11.8 Å². The molecule has 14 nitrogen and oxygen atoms in total. The first-order valence-electron chi connectivity index (χ1n) is 13.0. The third-order valence-electron chi connectivity index (χ3n) is 6.28. The molecular formula is C25H22Cl4N12O2. The molecule has 1 unspecified atom stereocenters. The lowest BCUT2D eigenvalue weighted by molar-refractivity contribution is 0.681. The van der Waals surface area contributed by atoms with Crippen molar-refractivity contribution < 1.29 is 0 Å². The Balaban J connectivity index is 0.000000140. The third-order valence-corrected chi connectivity index (χ3v) is 7.01. The van der Waals surface area contributed by atoms with Crippen LogP contribution in [-0.4, -0.2) is 49.3 Å². The summed E-state index contributed by atoms with van der Waals surface area (Å²) in [6.07, 6.45) is 11.3. The van der Waals surface area contributed by atoms with Gasteiger partial charge < -0.3 is 0 Å². The quantitative estimate of drug-likeness (QED) is 0.324. The number of nitrogens with zero attached hydrogens (tertiary/aromatic N) is 11. The van der Waals surface area contributed by atoms with Crippen molar-refractivity contribution in [1.82, 2.24) is 49.3 Å². The standard InChI is InChI=1S/C9H7ClN4O2.C8H7ClN4.C5H7N.C3HCl2N3/c10-8-11-3-14-6(12-8)5(4-1-2-4)7(15)13-9(14)16;9-8-12-4-11-7(13-8)6(3-10)5-1-2-5;6-4-3-5-1-2-5;4-2-6-1-7-3(5)8-2/h3-4H,1-2H2,(H,13,15,16);4-6H,1-2H2;5H,1-3H2;1H.